The Morgan fingerprint density at radius 2 is 2.22 bits per heavy atom. The minimum atomic E-state index is 0. The number of carbonyl (C=O) groups excluding carboxylic acids is 1. The molecule has 0 saturated carbocycles. The highest BCUT2D eigenvalue weighted by Gasteiger charge is 2.21. The van der Waals surface area contributed by atoms with Gasteiger partial charge in [-0.25, -0.2) is 0 Å². The predicted molar refractivity (Wildman–Crippen MR) is 79.1 cm³/mol. The normalized spacial score (nSPS) is 19.3. The number of benzene rings is 1. The molecule has 1 aromatic rings. The van der Waals surface area contributed by atoms with Crippen molar-refractivity contribution in [3.05, 3.63) is 28.7 Å². The van der Waals surface area contributed by atoms with E-state index in [1.165, 1.54) is 0 Å². The van der Waals surface area contributed by atoms with Gasteiger partial charge in [-0.3, -0.25) is 9.69 Å². The first-order chi connectivity index (χ1) is 8.15. The number of para-hydroxylation sites is 1. The molecule has 1 fully saturated rings. The molecule has 1 atom stereocenters. The number of likely N-dealkylation sites (tertiary alicyclic amines) is 1. The first-order valence-electron chi connectivity index (χ1n) is 5.67. The number of nitrogens with two attached hydrogens (primary N) is 1. The minimum Gasteiger partial charge on any atom is -0.326 e. The summed E-state index contributed by atoms with van der Waals surface area (Å²) < 4.78 is 0.895. The van der Waals surface area contributed by atoms with Crippen LogP contribution in [-0.4, -0.2) is 36.5 Å². The van der Waals surface area contributed by atoms with Crippen LogP contribution < -0.4 is 11.1 Å². The fourth-order valence-electron chi connectivity index (χ4n) is 1.96. The summed E-state index contributed by atoms with van der Waals surface area (Å²) in [5.41, 5.74) is 6.60. The third-order valence-electron chi connectivity index (χ3n) is 2.82. The van der Waals surface area contributed by atoms with Crippen LogP contribution in [0.4, 0.5) is 5.69 Å². The lowest BCUT2D eigenvalue weighted by atomic mass is 10.3. The number of anilines is 1. The number of halogens is 2. The second-order valence-electron chi connectivity index (χ2n) is 4.31. The van der Waals surface area contributed by atoms with E-state index in [9.17, 15) is 4.79 Å². The maximum atomic E-state index is 11.8. The molecule has 1 aliphatic rings. The highest BCUT2D eigenvalue weighted by atomic mass is 79.9. The Hall–Kier alpha value is -0.620. The lowest BCUT2D eigenvalue weighted by Crippen LogP contribution is -2.33. The highest BCUT2D eigenvalue weighted by molar-refractivity contribution is 9.10. The van der Waals surface area contributed by atoms with Gasteiger partial charge < -0.3 is 11.1 Å². The van der Waals surface area contributed by atoms with Crippen LogP contribution >= 0.6 is 28.3 Å². The zero-order valence-electron chi connectivity index (χ0n) is 9.93. The van der Waals surface area contributed by atoms with Crippen molar-refractivity contribution in [2.75, 3.05) is 25.0 Å². The Morgan fingerprint density at radius 3 is 2.83 bits per heavy atom. The van der Waals surface area contributed by atoms with E-state index in [0.29, 0.717) is 6.54 Å². The Morgan fingerprint density at radius 1 is 1.50 bits per heavy atom. The van der Waals surface area contributed by atoms with Crippen molar-refractivity contribution in [2.24, 2.45) is 5.73 Å². The molecule has 6 heteroatoms. The van der Waals surface area contributed by atoms with Crippen LogP contribution in [0.5, 0.6) is 0 Å². The summed E-state index contributed by atoms with van der Waals surface area (Å²) in [6.45, 7) is 2.13. The van der Waals surface area contributed by atoms with E-state index in [0.717, 1.165) is 29.7 Å². The van der Waals surface area contributed by atoms with Gasteiger partial charge in [-0.05, 0) is 34.5 Å². The number of hydrogen-bond acceptors (Lipinski definition) is 3. The van der Waals surface area contributed by atoms with E-state index in [-0.39, 0.29) is 24.4 Å². The summed E-state index contributed by atoms with van der Waals surface area (Å²) in [5, 5.41) is 2.88. The molecule has 3 N–H and O–H groups in total. The summed E-state index contributed by atoms with van der Waals surface area (Å²) in [5.74, 6) is 0.00556. The molecule has 1 heterocycles. The summed E-state index contributed by atoms with van der Waals surface area (Å²) in [6, 6.07) is 7.80. The van der Waals surface area contributed by atoms with Crippen molar-refractivity contribution in [2.45, 2.75) is 12.5 Å². The first kappa shape index (κ1) is 15.4. The molecule has 2 rings (SSSR count). The van der Waals surface area contributed by atoms with Gasteiger partial charge in [0.25, 0.3) is 0 Å². The van der Waals surface area contributed by atoms with Crippen LogP contribution in [0.25, 0.3) is 0 Å². The summed E-state index contributed by atoms with van der Waals surface area (Å²) in [4.78, 5) is 13.9. The highest BCUT2D eigenvalue weighted by Crippen LogP contribution is 2.21. The van der Waals surface area contributed by atoms with Crippen LogP contribution in [0.15, 0.2) is 28.7 Å². The average Bonchev–Trinajstić information content (AvgIpc) is 2.67. The zero-order valence-corrected chi connectivity index (χ0v) is 12.3. The predicted octanol–water partition coefficient (Wildman–Crippen LogP) is 1.84. The maximum absolute atomic E-state index is 11.8. The standard InChI is InChI=1S/C12H16BrN3O.ClH/c13-10-3-1-2-4-11(10)15-12(17)8-16-6-5-9(14)7-16;/h1-4,9H,5-8,14H2,(H,15,17);1H. The maximum Gasteiger partial charge on any atom is 0.238 e. The number of nitrogens with one attached hydrogen (secondary N) is 1. The van der Waals surface area contributed by atoms with Gasteiger partial charge in [0.05, 0.1) is 12.2 Å². The van der Waals surface area contributed by atoms with E-state index in [1.54, 1.807) is 0 Å². The topological polar surface area (TPSA) is 58.4 Å². The molecule has 100 valence electrons. The summed E-state index contributed by atoms with van der Waals surface area (Å²) in [7, 11) is 0. The summed E-state index contributed by atoms with van der Waals surface area (Å²) in [6.07, 6.45) is 0.975. The monoisotopic (exact) mass is 333 g/mol. The van der Waals surface area contributed by atoms with Crippen LogP contribution in [0.2, 0.25) is 0 Å². The van der Waals surface area contributed by atoms with Crippen molar-refractivity contribution in [3.8, 4) is 0 Å². The number of nitrogens with zero attached hydrogens (tertiary/aromatic N) is 1. The molecule has 4 nitrogen and oxygen atoms in total. The minimum absolute atomic E-state index is 0. The van der Waals surface area contributed by atoms with Crippen LogP contribution in [0, 0.1) is 0 Å². The molecule has 0 bridgehead atoms. The Labute approximate surface area is 121 Å². The Bertz CT molecular complexity index is 416. The fourth-order valence-corrected chi connectivity index (χ4v) is 2.35. The smallest absolute Gasteiger partial charge is 0.238 e. The zero-order chi connectivity index (χ0) is 12.3. The molecule has 18 heavy (non-hydrogen) atoms. The molecule has 0 radical (unpaired) electrons. The molecule has 0 spiro atoms. The second kappa shape index (κ2) is 7.09. The van der Waals surface area contributed by atoms with Crippen molar-refractivity contribution in [1.29, 1.82) is 0 Å². The summed E-state index contributed by atoms with van der Waals surface area (Å²) >= 11 is 3.40. The van der Waals surface area contributed by atoms with Gasteiger partial charge in [0.2, 0.25) is 5.91 Å². The second-order valence-corrected chi connectivity index (χ2v) is 5.17. The van der Waals surface area contributed by atoms with Crippen LogP contribution in [0.1, 0.15) is 6.42 Å². The van der Waals surface area contributed by atoms with Crippen molar-refractivity contribution in [3.63, 3.8) is 0 Å². The van der Waals surface area contributed by atoms with E-state index in [1.807, 2.05) is 24.3 Å². The molecule has 1 unspecified atom stereocenters. The molecule has 1 saturated heterocycles. The third kappa shape index (κ3) is 4.24. The van der Waals surface area contributed by atoms with Crippen molar-refractivity contribution >= 4 is 39.9 Å². The quantitative estimate of drug-likeness (QED) is 0.887. The van der Waals surface area contributed by atoms with Gasteiger partial charge in [-0.15, -0.1) is 12.4 Å². The number of amides is 1. The molecule has 0 aliphatic carbocycles. The van der Waals surface area contributed by atoms with Gasteiger partial charge in [0.15, 0.2) is 0 Å². The van der Waals surface area contributed by atoms with Gasteiger partial charge in [0.1, 0.15) is 0 Å². The van der Waals surface area contributed by atoms with Gasteiger partial charge in [0, 0.05) is 23.6 Å². The molecule has 1 amide bonds. The number of rotatable bonds is 3. The molecular weight excluding hydrogens is 318 g/mol. The lowest BCUT2D eigenvalue weighted by Gasteiger charge is -2.15. The van der Waals surface area contributed by atoms with E-state index < -0.39 is 0 Å². The van der Waals surface area contributed by atoms with Crippen molar-refractivity contribution < 1.29 is 4.79 Å². The fraction of sp³-hybridized carbons (Fsp3) is 0.417. The molecule has 0 aromatic heterocycles. The SMILES string of the molecule is Cl.NC1CCN(CC(=O)Nc2ccccc2Br)C1. The largest absolute Gasteiger partial charge is 0.326 e. The molecule has 1 aromatic carbocycles. The van der Waals surface area contributed by atoms with E-state index >= 15 is 0 Å². The molecular formula is C12H17BrClN3O. The Balaban J connectivity index is 0.00000162. The number of carbonyl (C=O) groups is 1. The van der Waals surface area contributed by atoms with Crippen LogP contribution in [-0.2, 0) is 4.79 Å². The first-order valence-corrected chi connectivity index (χ1v) is 6.47. The van der Waals surface area contributed by atoms with E-state index in [4.69, 9.17) is 5.73 Å². The lowest BCUT2D eigenvalue weighted by molar-refractivity contribution is -0.117. The average molecular weight is 335 g/mol. The van der Waals surface area contributed by atoms with Crippen molar-refractivity contribution in [1.82, 2.24) is 4.90 Å². The van der Waals surface area contributed by atoms with E-state index in [2.05, 4.69) is 26.1 Å². The van der Waals surface area contributed by atoms with Gasteiger partial charge >= 0.3 is 0 Å². The van der Waals surface area contributed by atoms with Gasteiger partial charge in [-0.2, -0.15) is 0 Å². The van der Waals surface area contributed by atoms with Gasteiger partial charge in [-0.1, -0.05) is 12.1 Å². The third-order valence-corrected chi connectivity index (χ3v) is 3.52. The molecule has 1 aliphatic heterocycles. The number of hydrogen-bond donors (Lipinski definition) is 2. The van der Waals surface area contributed by atoms with Crippen LogP contribution in [0.3, 0.4) is 0 Å². The Kier molecular flexibility index (Phi) is 6.08.